The predicted octanol–water partition coefficient (Wildman–Crippen LogP) is 3.46. The van der Waals surface area contributed by atoms with E-state index in [1.165, 1.54) is 0 Å². The molecule has 2 N–H and O–H groups in total. The maximum atomic E-state index is 12.7. The summed E-state index contributed by atoms with van der Waals surface area (Å²) in [5.41, 5.74) is -0.778. The second kappa shape index (κ2) is 6.28. The molecule has 22 heavy (non-hydrogen) atoms. The maximum Gasteiger partial charge on any atom is 0.416 e. The summed E-state index contributed by atoms with van der Waals surface area (Å²) in [5, 5.41) is 14.2. The van der Waals surface area contributed by atoms with Gasteiger partial charge in [0.05, 0.1) is 16.3 Å². The maximum absolute atomic E-state index is 12.7. The number of amides is 1. The number of carbonyl (C=O) groups is 1. The number of anilines is 1. The van der Waals surface area contributed by atoms with Gasteiger partial charge in [0, 0.05) is 12.2 Å². The molecule has 4 nitrogen and oxygen atoms in total. The molecule has 0 spiro atoms. The monoisotopic (exact) mass is 329 g/mol. The van der Waals surface area contributed by atoms with Gasteiger partial charge in [0.25, 0.3) is 5.91 Å². The van der Waals surface area contributed by atoms with Crippen LogP contribution in [-0.4, -0.2) is 12.5 Å². The van der Waals surface area contributed by atoms with Crippen LogP contribution in [-0.2, 0) is 11.0 Å². The van der Waals surface area contributed by atoms with Crippen molar-refractivity contribution in [2.75, 3.05) is 11.9 Å². The van der Waals surface area contributed by atoms with Crippen molar-refractivity contribution in [2.45, 2.75) is 19.0 Å². The summed E-state index contributed by atoms with van der Waals surface area (Å²) in [6.07, 6.45) is -3.21. The van der Waals surface area contributed by atoms with Crippen molar-refractivity contribution in [3.8, 4) is 6.07 Å². The third-order valence-electron chi connectivity index (χ3n) is 3.12. The average Bonchev–Trinajstić information content (AvgIpc) is 2.94. The standard InChI is InChI=1S/C14H11ClF3N3O/c15-10-4-3-8(14(16,17)18)6-12(10)21-13(22)9(7-19)11-2-1-5-20-11/h3-4,6,20H,1-2,5H2,(H,21,22)/b11-9-. The fourth-order valence-electron chi connectivity index (χ4n) is 2.04. The van der Waals surface area contributed by atoms with Crippen LogP contribution >= 0.6 is 11.6 Å². The molecule has 116 valence electrons. The summed E-state index contributed by atoms with van der Waals surface area (Å²) in [7, 11) is 0. The lowest BCUT2D eigenvalue weighted by atomic mass is 10.1. The topological polar surface area (TPSA) is 64.9 Å². The first kappa shape index (κ1) is 16.2. The van der Waals surface area contributed by atoms with Crippen molar-refractivity contribution >= 4 is 23.2 Å². The molecule has 1 aliphatic rings. The van der Waals surface area contributed by atoms with Crippen molar-refractivity contribution < 1.29 is 18.0 Å². The van der Waals surface area contributed by atoms with Crippen LogP contribution in [0, 0.1) is 11.3 Å². The van der Waals surface area contributed by atoms with Gasteiger partial charge in [-0.2, -0.15) is 18.4 Å². The van der Waals surface area contributed by atoms with Gasteiger partial charge in [-0.1, -0.05) is 11.6 Å². The van der Waals surface area contributed by atoms with E-state index in [1.54, 1.807) is 6.07 Å². The second-order valence-corrected chi connectivity index (χ2v) is 5.05. The van der Waals surface area contributed by atoms with Crippen molar-refractivity contribution in [1.29, 1.82) is 5.26 Å². The third-order valence-corrected chi connectivity index (χ3v) is 3.45. The van der Waals surface area contributed by atoms with E-state index in [1.807, 2.05) is 0 Å². The Kier molecular flexibility index (Phi) is 4.62. The highest BCUT2D eigenvalue weighted by molar-refractivity contribution is 6.34. The molecule has 0 aromatic heterocycles. The molecule has 0 unspecified atom stereocenters. The number of allylic oxidation sites excluding steroid dienone is 1. The van der Waals surface area contributed by atoms with Crippen LogP contribution in [0.15, 0.2) is 29.5 Å². The van der Waals surface area contributed by atoms with Crippen LogP contribution < -0.4 is 10.6 Å². The van der Waals surface area contributed by atoms with Crippen LogP contribution in [0.4, 0.5) is 18.9 Å². The van der Waals surface area contributed by atoms with Crippen LogP contribution in [0.25, 0.3) is 0 Å². The molecule has 1 amide bonds. The molecule has 0 bridgehead atoms. The van der Waals surface area contributed by atoms with Crippen molar-refractivity contribution in [3.63, 3.8) is 0 Å². The molecular formula is C14H11ClF3N3O. The number of nitriles is 1. The van der Waals surface area contributed by atoms with Crippen molar-refractivity contribution in [1.82, 2.24) is 5.32 Å². The Bertz CT molecular complexity index is 669. The normalized spacial score (nSPS) is 16.7. The highest BCUT2D eigenvalue weighted by Crippen LogP contribution is 2.34. The number of hydrogen-bond donors (Lipinski definition) is 2. The zero-order chi connectivity index (χ0) is 16.3. The van der Waals surface area contributed by atoms with Gasteiger partial charge >= 0.3 is 6.18 Å². The quantitative estimate of drug-likeness (QED) is 0.645. The Balaban J connectivity index is 2.29. The Hall–Kier alpha value is -2.20. The lowest BCUT2D eigenvalue weighted by Gasteiger charge is -2.12. The summed E-state index contributed by atoms with van der Waals surface area (Å²) in [6, 6.07) is 4.37. The summed E-state index contributed by atoms with van der Waals surface area (Å²) >= 11 is 5.80. The van der Waals surface area contributed by atoms with E-state index in [-0.39, 0.29) is 16.3 Å². The lowest BCUT2D eigenvalue weighted by molar-refractivity contribution is -0.137. The molecule has 1 aromatic carbocycles. The van der Waals surface area contributed by atoms with Gasteiger partial charge in [0.1, 0.15) is 11.6 Å². The number of nitrogens with one attached hydrogen (secondary N) is 2. The Morgan fingerprint density at radius 3 is 2.68 bits per heavy atom. The number of hydrogen-bond acceptors (Lipinski definition) is 3. The van der Waals surface area contributed by atoms with E-state index >= 15 is 0 Å². The van der Waals surface area contributed by atoms with Crippen LogP contribution in [0.3, 0.4) is 0 Å². The molecule has 1 fully saturated rings. The van der Waals surface area contributed by atoms with Crippen LogP contribution in [0.1, 0.15) is 18.4 Å². The molecule has 1 heterocycles. The summed E-state index contributed by atoms with van der Waals surface area (Å²) < 4.78 is 38.0. The largest absolute Gasteiger partial charge is 0.416 e. The summed E-state index contributed by atoms with van der Waals surface area (Å²) in [5.74, 6) is -0.784. The Labute approximate surface area is 129 Å². The van der Waals surface area contributed by atoms with Gasteiger partial charge in [0.2, 0.25) is 0 Å². The minimum absolute atomic E-state index is 0.0389. The highest BCUT2D eigenvalue weighted by atomic mass is 35.5. The SMILES string of the molecule is N#C/C(C(=O)Nc1cc(C(F)(F)F)ccc1Cl)=C1\CCCN1. The predicted molar refractivity (Wildman–Crippen MR) is 75.0 cm³/mol. The fourth-order valence-corrected chi connectivity index (χ4v) is 2.21. The molecule has 0 aliphatic carbocycles. The lowest BCUT2D eigenvalue weighted by Crippen LogP contribution is -2.19. The second-order valence-electron chi connectivity index (χ2n) is 4.64. The van der Waals surface area contributed by atoms with E-state index < -0.39 is 17.6 Å². The Morgan fingerprint density at radius 2 is 2.14 bits per heavy atom. The minimum Gasteiger partial charge on any atom is -0.387 e. The first-order valence-corrected chi connectivity index (χ1v) is 6.76. The fraction of sp³-hybridized carbons (Fsp3) is 0.286. The number of halogens is 4. The zero-order valence-corrected chi connectivity index (χ0v) is 12.0. The molecule has 0 radical (unpaired) electrons. The first-order chi connectivity index (χ1) is 10.3. The van der Waals surface area contributed by atoms with Gasteiger partial charge in [-0.3, -0.25) is 4.79 Å². The van der Waals surface area contributed by atoms with E-state index in [4.69, 9.17) is 16.9 Å². The van der Waals surface area contributed by atoms with Gasteiger partial charge in [-0.05, 0) is 31.0 Å². The molecule has 1 saturated heterocycles. The smallest absolute Gasteiger partial charge is 0.387 e. The molecule has 1 aromatic rings. The minimum atomic E-state index is -4.55. The van der Waals surface area contributed by atoms with Crippen LogP contribution in [0.2, 0.25) is 5.02 Å². The van der Waals surface area contributed by atoms with Gasteiger partial charge in [-0.15, -0.1) is 0 Å². The molecule has 1 aliphatic heterocycles. The molecule has 2 rings (SSSR count). The van der Waals surface area contributed by atoms with Gasteiger partial charge in [-0.25, -0.2) is 0 Å². The first-order valence-electron chi connectivity index (χ1n) is 6.38. The number of carbonyl (C=O) groups excluding carboxylic acids is 1. The van der Waals surface area contributed by atoms with E-state index in [0.717, 1.165) is 24.6 Å². The molecule has 0 saturated carbocycles. The third kappa shape index (κ3) is 3.52. The average molecular weight is 330 g/mol. The van der Waals surface area contributed by atoms with E-state index in [9.17, 15) is 18.0 Å². The number of nitrogens with zero attached hydrogens (tertiary/aromatic N) is 1. The van der Waals surface area contributed by atoms with Crippen molar-refractivity contribution in [3.05, 3.63) is 40.1 Å². The van der Waals surface area contributed by atoms with E-state index in [2.05, 4.69) is 10.6 Å². The van der Waals surface area contributed by atoms with Crippen LogP contribution in [0.5, 0.6) is 0 Å². The van der Waals surface area contributed by atoms with E-state index in [0.29, 0.717) is 18.7 Å². The van der Waals surface area contributed by atoms with Crippen molar-refractivity contribution in [2.24, 2.45) is 0 Å². The molecule has 8 heteroatoms. The number of benzene rings is 1. The summed E-state index contributed by atoms with van der Waals surface area (Å²) in [4.78, 5) is 12.1. The zero-order valence-electron chi connectivity index (χ0n) is 11.2. The number of alkyl halides is 3. The Morgan fingerprint density at radius 1 is 1.41 bits per heavy atom. The molecule has 0 atom stereocenters. The van der Waals surface area contributed by atoms with Gasteiger partial charge < -0.3 is 10.6 Å². The highest BCUT2D eigenvalue weighted by Gasteiger charge is 2.31. The molecular weight excluding hydrogens is 319 g/mol. The summed E-state index contributed by atoms with van der Waals surface area (Å²) in [6.45, 7) is 0.651. The van der Waals surface area contributed by atoms with Gasteiger partial charge in [0.15, 0.2) is 0 Å². The number of rotatable bonds is 2.